The van der Waals surface area contributed by atoms with E-state index < -0.39 is 0 Å². The lowest BCUT2D eigenvalue weighted by molar-refractivity contribution is 0.126. The molecule has 1 nitrogen and oxygen atoms in total. The van der Waals surface area contributed by atoms with Crippen LogP contribution >= 0.6 is 0 Å². The van der Waals surface area contributed by atoms with Crippen molar-refractivity contribution in [3.8, 4) is 0 Å². The van der Waals surface area contributed by atoms with Crippen LogP contribution in [0.3, 0.4) is 0 Å². The van der Waals surface area contributed by atoms with E-state index in [1.165, 1.54) is 57.9 Å². The summed E-state index contributed by atoms with van der Waals surface area (Å²) in [5.74, 6) is 0. The number of hydrogen-bond acceptors (Lipinski definition) is 1. The van der Waals surface area contributed by atoms with Crippen LogP contribution in [0.2, 0.25) is 0 Å². The molecular formula is C13H25N. The molecule has 2 saturated carbocycles. The maximum Gasteiger partial charge on any atom is 0.0153 e. The van der Waals surface area contributed by atoms with Gasteiger partial charge in [-0.25, -0.2) is 0 Å². The van der Waals surface area contributed by atoms with Crippen LogP contribution < -0.4 is 5.32 Å². The highest BCUT2D eigenvalue weighted by Crippen LogP contribution is 2.40. The van der Waals surface area contributed by atoms with Crippen LogP contribution in [-0.4, -0.2) is 12.1 Å². The normalized spacial score (nSPS) is 29.6. The molecule has 0 heterocycles. The fourth-order valence-corrected chi connectivity index (χ4v) is 2.89. The van der Waals surface area contributed by atoms with Gasteiger partial charge in [-0.15, -0.1) is 0 Å². The van der Waals surface area contributed by atoms with Crippen LogP contribution in [0, 0.1) is 5.41 Å². The summed E-state index contributed by atoms with van der Waals surface area (Å²) in [7, 11) is 0. The van der Waals surface area contributed by atoms with Crippen LogP contribution in [0.4, 0.5) is 0 Å². The van der Waals surface area contributed by atoms with Gasteiger partial charge in [0.2, 0.25) is 0 Å². The quantitative estimate of drug-likeness (QED) is 0.727. The maximum absolute atomic E-state index is 3.84. The molecule has 0 aliphatic heterocycles. The fourth-order valence-electron chi connectivity index (χ4n) is 2.89. The Morgan fingerprint density at radius 1 is 0.857 bits per heavy atom. The van der Waals surface area contributed by atoms with E-state index in [0.29, 0.717) is 11.0 Å². The van der Waals surface area contributed by atoms with Crippen LogP contribution in [0.15, 0.2) is 0 Å². The SMILES string of the molecule is CC1(CNC2(C)CCCCC2)CCC1. The van der Waals surface area contributed by atoms with Gasteiger partial charge in [0.25, 0.3) is 0 Å². The molecule has 0 atom stereocenters. The Bertz CT molecular complexity index is 187. The zero-order chi connectivity index (χ0) is 10.1. The Morgan fingerprint density at radius 3 is 2.00 bits per heavy atom. The van der Waals surface area contributed by atoms with E-state index in [1.54, 1.807) is 0 Å². The molecule has 0 bridgehead atoms. The van der Waals surface area contributed by atoms with E-state index in [4.69, 9.17) is 0 Å². The zero-order valence-electron chi connectivity index (χ0n) is 9.86. The van der Waals surface area contributed by atoms with Crippen LogP contribution in [0.5, 0.6) is 0 Å². The lowest BCUT2D eigenvalue weighted by Crippen LogP contribution is -2.49. The summed E-state index contributed by atoms with van der Waals surface area (Å²) in [6.45, 7) is 6.12. The summed E-state index contributed by atoms with van der Waals surface area (Å²) in [5, 5.41) is 3.84. The van der Waals surface area contributed by atoms with Gasteiger partial charge in [0.05, 0.1) is 0 Å². The van der Waals surface area contributed by atoms with Crippen molar-refractivity contribution in [1.29, 1.82) is 0 Å². The second kappa shape index (κ2) is 3.84. The summed E-state index contributed by atoms with van der Waals surface area (Å²) >= 11 is 0. The first kappa shape index (κ1) is 10.5. The molecule has 2 aliphatic rings. The Kier molecular flexibility index (Phi) is 2.88. The molecule has 0 saturated heterocycles. The van der Waals surface area contributed by atoms with Crippen LogP contribution in [-0.2, 0) is 0 Å². The summed E-state index contributed by atoms with van der Waals surface area (Å²) in [4.78, 5) is 0. The van der Waals surface area contributed by atoms with Crippen LogP contribution in [0.25, 0.3) is 0 Å². The number of rotatable bonds is 3. The highest BCUT2D eigenvalue weighted by Gasteiger charge is 2.34. The van der Waals surface area contributed by atoms with Gasteiger partial charge >= 0.3 is 0 Å². The molecule has 2 fully saturated rings. The summed E-state index contributed by atoms with van der Waals surface area (Å²) in [5.41, 5.74) is 1.11. The molecule has 1 heteroatoms. The third-order valence-corrected chi connectivity index (χ3v) is 4.46. The van der Waals surface area contributed by atoms with Gasteiger partial charge in [0.1, 0.15) is 0 Å². The predicted molar refractivity (Wildman–Crippen MR) is 61.5 cm³/mol. The summed E-state index contributed by atoms with van der Waals surface area (Å²) < 4.78 is 0. The van der Waals surface area contributed by atoms with E-state index in [1.807, 2.05) is 0 Å². The third-order valence-electron chi connectivity index (χ3n) is 4.46. The van der Waals surface area contributed by atoms with Gasteiger partial charge in [-0.05, 0) is 38.0 Å². The topological polar surface area (TPSA) is 12.0 Å². The Hall–Kier alpha value is -0.0400. The first-order chi connectivity index (χ1) is 6.62. The van der Waals surface area contributed by atoms with Crippen molar-refractivity contribution in [2.45, 2.75) is 70.8 Å². The largest absolute Gasteiger partial charge is 0.311 e. The van der Waals surface area contributed by atoms with E-state index >= 15 is 0 Å². The van der Waals surface area contributed by atoms with Crippen molar-refractivity contribution in [1.82, 2.24) is 5.32 Å². The molecule has 82 valence electrons. The molecule has 2 rings (SSSR count). The molecule has 0 spiro atoms. The lowest BCUT2D eigenvalue weighted by Gasteiger charge is -2.43. The monoisotopic (exact) mass is 195 g/mol. The predicted octanol–water partition coefficient (Wildman–Crippen LogP) is 3.49. The minimum atomic E-state index is 0.469. The average Bonchev–Trinajstić information content (AvgIpc) is 2.13. The van der Waals surface area contributed by atoms with E-state index in [2.05, 4.69) is 19.2 Å². The highest BCUT2D eigenvalue weighted by molar-refractivity contribution is 4.92. The smallest absolute Gasteiger partial charge is 0.0153 e. The van der Waals surface area contributed by atoms with Crippen molar-refractivity contribution in [3.05, 3.63) is 0 Å². The van der Waals surface area contributed by atoms with E-state index in [-0.39, 0.29) is 0 Å². The van der Waals surface area contributed by atoms with Crippen molar-refractivity contribution in [2.24, 2.45) is 5.41 Å². The molecule has 0 radical (unpaired) electrons. The second-order valence-electron chi connectivity index (χ2n) is 6.14. The van der Waals surface area contributed by atoms with Gasteiger partial charge in [-0.2, -0.15) is 0 Å². The van der Waals surface area contributed by atoms with Gasteiger partial charge in [0.15, 0.2) is 0 Å². The molecular weight excluding hydrogens is 170 g/mol. The molecule has 2 aliphatic carbocycles. The average molecular weight is 195 g/mol. The first-order valence-corrected chi connectivity index (χ1v) is 6.37. The van der Waals surface area contributed by atoms with E-state index in [9.17, 15) is 0 Å². The summed E-state index contributed by atoms with van der Waals surface area (Å²) in [6, 6.07) is 0. The number of hydrogen-bond donors (Lipinski definition) is 1. The van der Waals surface area contributed by atoms with Crippen LogP contribution in [0.1, 0.15) is 65.2 Å². The Labute approximate surface area is 88.7 Å². The van der Waals surface area contributed by atoms with Crippen molar-refractivity contribution in [2.75, 3.05) is 6.54 Å². The minimum Gasteiger partial charge on any atom is -0.311 e. The molecule has 0 aromatic heterocycles. The minimum absolute atomic E-state index is 0.469. The fraction of sp³-hybridized carbons (Fsp3) is 1.00. The third kappa shape index (κ3) is 2.31. The van der Waals surface area contributed by atoms with Gasteiger partial charge < -0.3 is 5.32 Å². The Morgan fingerprint density at radius 2 is 1.50 bits per heavy atom. The number of nitrogens with one attached hydrogen (secondary N) is 1. The molecule has 14 heavy (non-hydrogen) atoms. The molecule has 0 amide bonds. The molecule has 0 aromatic carbocycles. The zero-order valence-corrected chi connectivity index (χ0v) is 9.86. The van der Waals surface area contributed by atoms with Crippen molar-refractivity contribution in [3.63, 3.8) is 0 Å². The first-order valence-electron chi connectivity index (χ1n) is 6.37. The van der Waals surface area contributed by atoms with Crippen molar-refractivity contribution >= 4 is 0 Å². The van der Waals surface area contributed by atoms with Gasteiger partial charge in [-0.1, -0.05) is 32.6 Å². The van der Waals surface area contributed by atoms with Gasteiger partial charge in [-0.3, -0.25) is 0 Å². The van der Waals surface area contributed by atoms with Crippen molar-refractivity contribution < 1.29 is 0 Å². The maximum atomic E-state index is 3.84. The standard InChI is InChI=1S/C13H25N/c1-12(7-6-8-12)11-14-13(2)9-4-3-5-10-13/h14H,3-11H2,1-2H3. The highest BCUT2D eigenvalue weighted by atomic mass is 15.0. The second-order valence-corrected chi connectivity index (χ2v) is 6.14. The molecule has 0 aromatic rings. The van der Waals surface area contributed by atoms with E-state index in [0.717, 1.165) is 0 Å². The molecule has 1 N–H and O–H groups in total. The Balaban J connectivity index is 1.77. The van der Waals surface area contributed by atoms with Gasteiger partial charge in [0, 0.05) is 12.1 Å². The molecule has 0 unspecified atom stereocenters. The summed E-state index contributed by atoms with van der Waals surface area (Å²) in [6.07, 6.45) is 11.4. The lowest BCUT2D eigenvalue weighted by atomic mass is 9.70.